The van der Waals surface area contributed by atoms with Gasteiger partial charge in [0.1, 0.15) is 0 Å². The molecule has 0 unspecified atom stereocenters. The van der Waals surface area contributed by atoms with Crippen LogP contribution in [0.4, 0.5) is 0 Å². The van der Waals surface area contributed by atoms with Crippen LogP contribution in [0.3, 0.4) is 0 Å². The quantitative estimate of drug-likeness (QED) is 0.881. The normalized spacial score (nSPS) is 22.2. The summed E-state index contributed by atoms with van der Waals surface area (Å²) >= 11 is 0. The van der Waals surface area contributed by atoms with Crippen molar-refractivity contribution in [3.05, 3.63) is 29.6 Å². The molecular formula is C15H20N2O3. The molecule has 0 atom stereocenters. The molecule has 0 spiro atoms. The van der Waals surface area contributed by atoms with E-state index in [9.17, 15) is 9.59 Å². The summed E-state index contributed by atoms with van der Waals surface area (Å²) in [6.07, 6.45) is 6.84. The number of aromatic nitrogens is 1. The second kappa shape index (κ2) is 6.50. The highest BCUT2D eigenvalue weighted by atomic mass is 16.4. The van der Waals surface area contributed by atoms with Crippen molar-refractivity contribution in [1.29, 1.82) is 0 Å². The molecule has 2 N–H and O–H groups in total. The largest absolute Gasteiger partial charge is 0.481 e. The molecule has 0 bridgehead atoms. The molecule has 0 radical (unpaired) electrons. The summed E-state index contributed by atoms with van der Waals surface area (Å²) in [6.45, 7) is 1.99. The van der Waals surface area contributed by atoms with Crippen molar-refractivity contribution in [3.63, 3.8) is 0 Å². The maximum absolute atomic E-state index is 12.3. The molecule has 1 saturated carbocycles. The highest BCUT2D eigenvalue weighted by molar-refractivity contribution is 5.95. The fourth-order valence-corrected chi connectivity index (χ4v) is 2.68. The van der Waals surface area contributed by atoms with Gasteiger partial charge in [-0.2, -0.15) is 0 Å². The number of carboxylic acids is 1. The van der Waals surface area contributed by atoms with Gasteiger partial charge in [0.15, 0.2) is 0 Å². The summed E-state index contributed by atoms with van der Waals surface area (Å²) in [5.74, 6) is -1.06. The number of nitrogens with one attached hydrogen (secondary N) is 1. The lowest BCUT2D eigenvalue weighted by molar-refractivity contribution is -0.142. The van der Waals surface area contributed by atoms with Gasteiger partial charge in [0, 0.05) is 24.0 Å². The number of carbonyl (C=O) groups excluding carboxylic acids is 1. The van der Waals surface area contributed by atoms with Crippen molar-refractivity contribution in [1.82, 2.24) is 10.3 Å². The van der Waals surface area contributed by atoms with Crippen LogP contribution in [0.15, 0.2) is 18.5 Å². The first-order valence-corrected chi connectivity index (χ1v) is 7.08. The van der Waals surface area contributed by atoms with E-state index in [0.717, 1.165) is 24.8 Å². The molecule has 5 nitrogen and oxygen atoms in total. The van der Waals surface area contributed by atoms with Gasteiger partial charge in [0.2, 0.25) is 0 Å². The first kappa shape index (κ1) is 14.5. The van der Waals surface area contributed by atoms with E-state index < -0.39 is 5.97 Å². The van der Waals surface area contributed by atoms with Crippen molar-refractivity contribution in [3.8, 4) is 0 Å². The molecular weight excluding hydrogens is 256 g/mol. The molecule has 0 aromatic carbocycles. The van der Waals surface area contributed by atoms with Gasteiger partial charge in [-0.15, -0.1) is 0 Å². The van der Waals surface area contributed by atoms with Gasteiger partial charge in [0.25, 0.3) is 5.91 Å². The predicted molar refractivity (Wildman–Crippen MR) is 74.5 cm³/mol. The van der Waals surface area contributed by atoms with Gasteiger partial charge in [-0.05, 0) is 43.7 Å². The molecule has 1 fully saturated rings. The molecule has 5 heteroatoms. The topological polar surface area (TPSA) is 79.3 Å². The van der Waals surface area contributed by atoms with Crippen LogP contribution in [-0.2, 0) is 11.2 Å². The Morgan fingerprint density at radius 2 is 2.05 bits per heavy atom. The molecule has 1 aromatic rings. The van der Waals surface area contributed by atoms with E-state index in [1.807, 2.05) is 6.92 Å². The number of hydrogen-bond donors (Lipinski definition) is 2. The monoisotopic (exact) mass is 276 g/mol. The van der Waals surface area contributed by atoms with Crippen LogP contribution in [0.25, 0.3) is 0 Å². The number of carboxylic acid groups (broad SMARTS) is 1. The number of aryl methyl sites for hydroxylation is 1. The molecule has 1 aromatic heterocycles. The summed E-state index contributed by atoms with van der Waals surface area (Å²) in [7, 11) is 0. The van der Waals surface area contributed by atoms with E-state index in [-0.39, 0.29) is 17.9 Å². The lowest BCUT2D eigenvalue weighted by Gasteiger charge is -2.27. The van der Waals surface area contributed by atoms with Crippen LogP contribution in [0.1, 0.15) is 48.5 Å². The van der Waals surface area contributed by atoms with Gasteiger partial charge in [-0.3, -0.25) is 14.6 Å². The van der Waals surface area contributed by atoms with Crippen molar-refractivity contribution in [2.45, 2.75) is 45.1 Å². The van der Waals surface area contributed by atoms with Gasteiger partial charge in [0.05, 0.1) is 5.92 Å². The zero-order valence-corrected chi connectivity index (χ0v) is 11.6. The Balaban J connectivity index is 1.94. The summed E-state index contributed by atoms with van der Waals surface area (Å²) in [5, 5.41) is 12.0. The van der Waals surface area contributed by atoms with Crippen LogP contribution in [0.5, 0.6) is 0 Å². The minimum absolute atomic E-state index is 0.0796. The Kier molecular flexibility index (Phi) is 4.71. The Morgan fingerprint density at radius 3 is 2.65 bits per heavy atom. The molecule has 0 aliphatic heterocycles. The van der Waals surface area contributed by atoms with Crippen LogP contribution < -0.4 is 5.32 Å². The molecule has 2 rings (SSSR count). The molecule has 20 heavy (non-hydrogen) atoms. The van der Waals surface area contributed by atoms with Gasteiger partial charge in [-0.25, -0.2) is 0 Å². The maximum atomic E-state index is 12.3. The molecule has 0 saturated heterocycles. The SMILES string of the molecule is CCc1cnccc1C(=O)NC1CCC(C(=O)O)CC1. The van der Waals surface area contributed by atoms with Crippen molar-refractivity contribution in [2.24, 2.45) is 5.92 Å². The van der Waals surface area contributed by atoms with Crippen LogP contribution in [0.2, 0.25) is 0 Å². The summed E-state index contributed by atoms with van der Waals surface area (Å²) in [5.41, 5.74) is 1.60. The fourth-order valence-electron chi connectivity index (χ4n) is 2.68. The number of nitrogens with zero attached hydrogens (tertiary/aromatic N) is 1. The lowest BCUT2D eigenvalue weighted by Crippen LogP contribution is -2.39. The van der Waals surface area contributed by atoms with Crippen LogP contribution >= 0.6 is 0 Å². The van der Waals surface area contributed by atoms with E-state index >= 15 is 0 Å². The highest BCUT2D eigenvalue weighted by Crippen LogP contribution is 2.24. The number of hydrogen-bond acceptors (Lipinski definition) is 3. The second-order valence-electron chi connectivity index (χ2n) is 5.25. The summed E-state index contributed by atoms with van der Waals surface area (Å²) in [4.78, 5) is 27.2. The van der Waals surface area contributed by atoms with E-state index in [4.69, 9.17) is 5.11 Å². The number of pyridine rings is 1. The number of aliphatic carboxylic acids is 1. The Hall–Kier alpha value is -1.91. The minimum atomic E-state index is -0.725. The third-order valence-electron chi connectivity index (χ3n) is 3.94. The number of amides is 1. The zero-order chi connectivity index (χ0) is 14.5. The van der Waals surface area contributed by atoms with Crippen molar-refractivity contribution >= 4 is 11.9 Å². The highest BCUT2D eigenvalue weighted by Gasteiger charge is 2.27. The zero-order valence-electron chi connectivity index (χ0n) is 11.6. The first-order chi connectivity index (χ1) is 9.61. The van der Waals surface area contributed by atoms with Gasteiger partial charge in [-0.1, -0.05) is 6.92 Å². The van der Waals surface area contributed by atoms with Crippen LogP contribution in [0, 0.1) is 5.92 Å². The molecule has 1 aliphatic carbocycles. The Labute approximate surface area is 118 Å². The van der Waals surface area contributed by atoms with Crippen LogP contribution in [-0.4, -0.2) is 28.0 Å². The third kappa shape index (κ3) is 3.35. The lowest BCUT2D eigenvalue weighted by atomic mass is 9.86. The number of rotatable bonds is 4. The van der Waals surface area contributed by atoms with E-state index in [2.05, 4.69) is 10.3 Å². The molecule has 1 amide bonds. The van der Waals surface area contributed by atoms with E-state index in [0.29, 0.717) is 18.4 Å². The van der Waals surface area contributed by atoms with Crippen molar-refractivity contribution < 1.29 is 14.7 Å². The smallest absolute Gasteiger partial charge is 0.306 e. The second-order valence-corrected chi connectivity index (χ2v) is 5.25. The Morgan fingerprint density at radius 1 is 1.35 bits per heavy atom. The summed E-state index contributed by atoms with van der Waals surface area (Å²) < 4.78 is 0. The predicted octanol–water partition coefficient (Wildman–Crippen LogP) is 2.02. The van der Waals surface area contributed by atoms with E-state index in [1.165, 1.54) is 0 Å². The molecule has 1 aliphatic rings. The van der Waals surface area contributed by atoms with Gasteiger partial charge < -0.3 is 10.4 Å². The fraction of sp³-hybridized carbons (Fsp3) is 0.533. The maximum Gasteiger partial charge on any atom is 0.306 e. The minimum Gasteiger partial charge on any atom is -0.481 e. The first-order valence-electron chi connectivity index (χ1n) is 7.08. The Bertz CT molecular complexity index is 494. The standard InChI is InChI=1S/C15H20N2O3/c1-2-10-9-16-8-7-13(10)14(18)17-12-5-3-11(4-6-12)15(19)20/h7-9,11-12H,2-6H2,1H3,(H,17,18)(H,19,20). The van der Waals surface area contributed by atoms with Gasteiger partial charge >= 0.3 is 5.97 Å². The molecule has 108 valence electrons. The van der Waals surface area contributed by atoms with Crippen molar-refractivity contribution in [2.75, 3.05) is 0 Å². The number of carbonyl (C=O) groups is 2. The average Bonchev–Trinajstić information content (AvgIpc) is 2.47. The average molecular weight is 276 g/mol. The summed E-state index contributed by atoms with van der Waals surface area (Å²) in [6, 6.07) is 1.81. The van der Waals surface area contributed by atoms with E-state index in [1.54, 1.807) is 18.5 Å². The third-order valence-corrected chi connectivity index (χ3v) is 3.94. The molecule has 1 heterocycles.